The highest BCUT2D eigenvalue weighted by Crippen LogP contribution is 2.30. The molecule has 0 fully saturated rings. The van der Waals surface area contributed by atoms with Crippen LogP contribution >= 0.6 is 0 Å². The molecule has 0 aromatic carbocycles. The molecule has 2 rings (SSSR count). The number of hydrogen-bond acceptors (Lipinski definition) is 3. The first-order valence-corrected chi connectivity index (χ1v) is 9.79. The Kier molecular flexibility index (Phi) is 7.75. The second kappa shape index (κ2) is 9.80. The van der Waals surface area contributed by atoms with Crippen molar-refractivity contribution in [3.63, 3.8) is 0 Å². The van der Waals surface area contributed by atoms with Crippen LogP contribution in [0, 0.1) is 0 Å². The lowest BCUT2D eigenvalue weighted by Crippen LogP contribution is -2.37. The molecule has 1 aromatic rings. The van der Waals surface area contributed by atoms with Gasteiger partial charge in [-0.3, -0.25) is 0 Å². The van der Waals surface area contributed by atoms with Crippen LogP contribution in [0.2, 0.25) is 0 Å². The van der Waals surface area contributed by atoms with Crippen LogP contribution in [-0.2, 0) is 7.05 Å². The monoisotopic (exact) mass is 351 g/mol. The molecule has 0 saturated carbocycles. The topological polar surface area (TPSA) is 69.2 Å². The number of allylic oxidation sites excluding steroid dienone is 1. The molecule has 1 aliphatic heterocycles. The largest absolute Gasteiger partial charge is 0.392 e. The zero-order valence-corrected chi connectivity index (χ0v) is 15.7. The molecule has 0 amide bonds. The minimum absolute atomic E-state index is 0.0518. The molecule has 1 aliphatic rings. The van der Waals surface area contributed by atoms with Crippen molar-refractivity contribution in [2.45, 2.75) is 83.2 Å². The van der Waals surface area contributed by atoms with Crippen molar-refractivity contribution < 1.29 is 5.11 Å². The van der Waals surface area contributed by atoms with Crippen LogP contribution < -0.4 is 11.4 Å². The zero-order chi connectivity index (χ0) is 18.2. The number of hydrogen-bond donors (Lipinski definition) is 1. The van der Waals surface area contributed by atoms with Gasteiger partial charge < -0.3 is 5.11 Å². The first-order chi connectivity index (χ1) is 12.1. The van der Waals surface area contributed by atoms with Crippen molar-refractivity contribution in [3.05, 3.63) is 33.1 Å². The summed E-state index contributed by atoms with van der Waals surface area (Å²) < 4.78 is 4.45. The Balaban J connectivity index is 2.02. The smallest absolute Gasteiger partial charge is 0.347 e. The molecule has 2 atom stereocenters. The van der Waals surface area contributed by atoms with Crippen molar-refractivity contribution in [1.29, 1.82) is 0 Å². The van der Waals surface area contributed by atoms with E-state index >= 15 is 0 Å². The standard InChI is InChI=1S/C19H33N3O3/c1-3-4-5-6-7-8-9-11-16-13-14-17(12-10-15-23)22-19(25)20(2)18(24)21(16)22/h10,12,16-17,23H,3-9,11,13-15H2,1-2H3/b12-10+. The summed E-state index contributed by atoms with van der Waals surface area (Å²) in [7, 11) is 1.54. The highest BCUT2D eigenvalue weighted by Gasteiger charge is 2.29. The Hall–Kier alpha value is -1.56. The Bertz CT molecular complexity index is 668. The lowest BCUT2D eigenvalue weighted by Gasteiger charge is -2.30. The summed E-state index contributed by atoms with van der Waals surface area (Å²) in [5, 5.41) is 9.00. The van der Waals surface area contributed by atoms with Gasteiger partial charge in [0, 0.05) is 7.05 Å². The minimum atomic E-state index is -0.262. The lowest BCUT2D eigenvalue weighted by molar-refractivity contribution is 0.229. The minimum Gasteiger partial charge on any atom is -0.392 e. The molecule has 0 spiro atoms. The van der Waals surface area contributed by atoms with Gasteiger partial charge in [0.15, 0.2) is 0 Å². The molecule has 6 nitrogen and oxygen atoms in total. The Morgan fingerprint density at radius 1 is 1.00 bits per heavy atom. The molecule has 6 heteroatoms. The van der Waals surface area contributed by atoms with Gasteiger partial charge in [0.2, 0.25) is 0 Å². The van der Waals surface area contributed by atoms with Crippen molar-refractivity contribution in [2.24, 2.45) is 7.05 Å². The van der Waals surface area contributed by atoms with Gasteiger partial charge in [-0.2, -0.15) is 0 Å². The number of rotatable bonds is 10. The molecular weight excluding hydrogens is 318 g/mol. The molecule has 1 N–H and O–H groups in total. The van der Waals surface area contributed by atoms with Crippen LogP contribution in [0.5, 0.6) is 0 Å². The highest BCUT2D eigenvalue weighted by atomic mass is 16.2. The number of fused-ring (bicyclic) bond motifs is 1. The normalized spacial score (nSPS) is 20.3. The van der Waals surface area contributed by atoms with E-state index in [2.05, 4.69) is 6.92 Å². The third-order valence-corrected chi connectivity index (χ3v) is 5.26. The summed E-state index contributed by atoms with van der Waals surface area (Å²) in [6.45, 7) is 2.17. The lowest BCUT2D eigenvalue weighted by atomic mass is 9.98. The van der Waals surface area contributed by atoms with Crippen LogP contribution in [0.25, 0.3) is 0 Å². The van der Waals surface area contributed by atoms with E-state index in [4.69, 9.17) is 5.11 Å². The van der Waals surface area contributed by atoms with Crippen LogP contribution in [0.3, 0.4) is 0 Å². The fourth-order valence-corrected chi connectivity index (χ4v) is 3.81. The van der Waals surface area contributed by atoms with Gasteiger partial charge in [-0.15, -0.1) is 0 Å². The van der Waals surface area contributed by atoms with Crippen LogP contribution in [0.15, 0.2) is 21.7 Å². The summed E-state index contributed by atoms with van der Waals surface area (Å²) in [4.78, 5) is 24.9. The quantitative estimate of drug-likeness (QED) is 0.520. The first kappa shape index (κ1) is 19.8. The average Bonchev–Trinajstić information content (AvgIpc) is 2.85. The van der Waals surface area contributed by atoms with Crippen LogP contribution in [-0.4, -0.2) is 25.6 Å². The third-order valence-electron chi connectivity index (χ3n) is 5.26. The molecule has 142 valence electrons. The van der Waals surface area contributed by atoms with Gasteiger partial charge in [-0.05, 0) is 19.3 Å². The molecule has 25 heavy (non-hydrogen) atoms. The van der Waals surface area contributed by atoms with Crippen molar-refractivity contribution in [3.8, 4) is 0 Å². The molecule has 0 radical (unpaired) electrons. The molecule has 0 aliphatic carbocycles. The van der Waals surface area contributed by atoms with Gasteiger partial charge in [0.25, 0.3) is 0 Å². The summed E-state index contributed by atoms with van der Waals surface area (Å²) in [6.07, 6.45) is 14.9. The van der Waals surface area contributed by atoms with E-state index in [1.54, 1.807) is 22.5 Å². The van der Waals surface area contributed by atoms with Gasteiger partial charge >= 0.3 is 11.4 Å². The van der Waals surface area contributed by atoms with Gasteiger partial charge in [0.05, 0.1) is 18.7 Å². The Labute approximate surface area is 149 Å². The fraction of sp³-hybridized carbons (Fsp3) is 0.789. The van der Waals surface area contributed by atoms with E-state index < -0.39 is 0 Å². The Morgan fingerprint density at radius 3 is 2.32 bits per heavy atom. The summed E-state index contributed by atoms with van der Waals surface area (Å²) >= 11 is 0. The van der Waals surface area contributed by atoms with E-state index in [9.17, 15) is 9.59 Å². The second-order valence-electron chi connectivity index (χ2n) is 7.13. The van der Waals surface area contributed by atoms with E-state index in [1.807, 2.05) is 6.08 Å². The maximum Gasteiger partial charge on any atom is 0.347 e. The molecular formula is C19H33N3O3. The molecule has 2 unspecified atom stereocenters. The van der Waals surface area contributed by atoms with Crippen molar-refractivity contribution in [1.82, 2.24) is 13.9 Å². The number of aromatic nitrogens is 3. The van der Waals surface area contributed by atoms with E-state index in [1.165, 1.54) is 43.1 Å². The molecule has 1 aromatic heterocycles. The van der Waals surface area contributed by atoms with Crippen molar-refractivity contribution >= 4 is 0 Å². The zero-order valence-electron chi connectivity index (χ0n) is 15.7. The molecule has 0 saturated heterocycles. The summed E-state index contributed by atoms with van der Waals surface area (Å²) in [6, 6.07) is -0.0327. The SMILES string of the molecule is CCCCCCCCCC1CCC(/C=C/CO)n2c(=O)n(C)c(=O)n21. The third kappa shape index (κ3) is 4.75. The Morgan fingerprint density at radius 2 is 1.64 bits per heavy atom. The number of nitrogens with zero attached hydrogens (tertiary/aromatic N) is 3. The average molecular weight is 351 g/mol. The van der Waals surface area contributed by atoms with Crippen molar-refractivity contribution in [2.75, 3.05) is 6.61 Å². The fourth-order valence-electron chi connectivity index (χ4n) is 3.81. The van der Waals surface area contributed by atoms with Gasteiger partial charge in [-0.25, -0.2) is 23.5 Å². The predicted octanol–water partition coefficient (Wildman–Crippen LogP) is 2.91. The van der Waals surface area contributed by atoms with Gasteiger partial charge in [0.1, 0.15) is 0 Å². The maximum atomic E-state index is 12.5. The summed E-state index contributed by atoms with van der Waals surface area (Å²) in [5.41, 5.74) is -0.484. The number of unbranched alkanes of at least 4 members (excludes halogenated alkanes) is 6. The summed E-state index contributed by atoms with van der Waals surface area (Å²) in [5.74, 6) is 0. The first-order valence-electron chi connectivity index (χ1n) is 9.79. The van der Waals surface area contributed by atoms with Gasteiger partial charge in [-0.1, -0.05) is 64.0 Å². The number of aliphatic hydroxyl groups excluding tert-OH is 1. The van der Waals surface area contributed by atoms with E-state index in [0.717, 1.165) is 25.7 Å². The van der Waals surface area contributed by atoms with E-state index in [0.29, 0.717) is 0 Å². The maximum absolute atomic E-state index is 12.5. The molecule has 2 heterocycles. The van der Waals surface area contributed by atoms with Crippen LogP contribution in [0.4, 0.5) is 0 Å². The number of aliphatic hydroxyl groups is 1. The van der Waals surface area contributed by atoms with E-state index in [-0.39, 0.29) is 30.1 Å². The second-order valence-corrected chi connectivity index (χ2v) is 7.13. The highest BCUT2D eigenvalue weighted by molar-refractivity contribution is 4.97. The predicted molar refractivity (Wildman–Crippen MR) is 100 cm³/mol. The molecule has 0 bridgehead atoms. The van der Waals surface area contributed by atoms with Crippen LogP contribution in [0.1, 0.15) is 83.2 Å².